The molecular formula is C14H17FO2. The fraction of sp³-hybridized carbons (Fsp3) is 0.429. The number of ether oxygens (including phenoxy) is 1. The predicted molar refractivity (Wildman–Crippen MR) is 65.3 cm³/mol. The van der Waals surface area contributed by atoms with Crippen LogP contribution in [0.4, 0.5) is 4.39 Å². The topological polar surface area (TPSA) is 29.5 Å². The van der Waals surface area contributed by atoms with Gasteiger partial charge in [0.25, 0.3) is 0 Å². The third kappa shape index (κ3) is 4.46. The normalized spacial score (nSPS) is 11.5. The van der Waals surface area contributed by atoms with Crippen molar-refractivity contribution in [1.29, 1.82) is 0 Å². The minimum Gasteiger partial charge on any atom is -0.493 e. The van der Waals surface area contributed by atoms with Crippen molar-refractivity contribution in [2.75, 3.05) is 13.2 Å². The fourth-order valence-corrected chi connectivity index (χ4v) is 1.18. The Labute approximate surface area is 101 Å². The van der Waals surface area contributed by atoms with Gasteiger partial charge in [0.2, 0.25) is 0 Å². The molecule has 92 valence electrons. The number of halogens is 1. The summed E-state index contributed by atoms with van der Waals surface area (Å²) in [5.74, 6) is 5.48. The van der Waals surface area contributed by atoms with Gasteiger partial charge in [-0.15, -0.1) is 0 Å². The van der Waals surface area contributed by atoms with E-state index in [4.69, 9.17) is 9.84 Å². The molecule has 0 radical (unpaired) electrons. The smallest absolute Gasteiger partial charge is 0.142 e. The first kappa shape index (κ1) is 13.5. The minimum atomic E-state index is -0.424. The van der Waals surface area contributed by atoms with E-state index in [1.54, 1.807) is 12.1 Å². The molecule has 0 aliphatic carbocycles. The van der Waals surface area contributed by atoms with Gasteiger partial charge in [-0.3, -0.25) is 0 Å². The van der Waals surface area contributed by atoms with Crippen molar-refractivity contribution in [3.05, 3.63) is 29.6 Å². The third-order valence-electron chi connectivity index (χ3n) is 2.47. The van der Waals surface area contributed by atoms with Crippen molar-refractivity contribution in [2.24, 2.45) is 5.92 Å². The molecule has 0 saturated carbocycles. The molecule has 0 saturated heterocycles. The van der Waals surface area contributed by atoms with Gasteiger partial charge in [0.15, 0.2) is 0 Å². The number of hydrogen-bond acceptors (Lipinski definition) is 2. The Kier molecular flexibility index (Phi) is 5.51. The Morgan fingerprint density at radius 2 is 2.24 bits per heavy atom. The first-order valence-corrected chi connectivity index (χ1v) is 5.69. The Morgan fingerprint density at radius 1 is 1.47 bits per heavy atom. The Bertz CT molecular complexity index is 418. The lowest BCUT2D eigenvalue weighted by Crippen LogP contribution is -2.07. The van der Waals surface area contributed by atoms with E-state index in [1.165, 1.54) is 6.07 Å². The average Bonchev–Trinajstić information content (AvgIpc) is 2.34. The molecule has 1 atom stereocenters. The van der Waals surface area contributed by atoms with Gasteiger partial charge in [0.1, 0.15) is 18.2 Å². The first-order valence-electron chi connectivity index (χ1n) is 5.69. The van der Waals surface area contributed by atoms with Crippen LogP contribution in [0.1, 0.15) is 25.8 Å². The second-order valence-electron chi connectivity index (χ2n) is 3.93. The van der Waals surface area contributed by atoms with Crippen molar-refractivity contribution < 1.29 is 14.2 Å². The van der Waals surface area contributed by atoms with Crippen LogP contribution in [-0.2, 0) is 0 Å². The summed E-state index contributed by atoms with van der Waals surface area (Å²) in [7, 11) is 0. The first-order chi connectivity index (χ1) is 8.17. The average molecular weight is 236 g/mol. The highest BCUT2D eigenvalue weighted by Gasteiger charge is 2.04. The zero-order valence-corrected chi connectivity index (χ0v) is 10.2. The van der Waals surface area contributed by atoms with Crippen LogP contribution in [0.15, 0.2) is 18.2 Å². The van der Waals surface area contributed by atoms with Crippen molar-refractivity contribution in [2.45, 2.75) is 20.3 Å². The number of rotatable bonds is 4. The molecule has 3 heteroatoms. The van der Waals surface area contributed by atoms with Crippen molar-refractivity contribution in [3.8, 4) is 17.6 Å². The van der Waals surface area contributed by atoms with E-state index in [9.17, 15) is 4.39 Å². The van der Waals surface area contributed by atoms with Crippen molar-refractivity contribution in [3.63, 3.8) is 0 Å². The summed E-state index contributed by atoms with van der Waals surface area (Å²) in [6.07, 6.45) is 1.03. The van der Waals surface area contributed by atoms with E-state index in [1.807, 2.05) is 0 Å². The van der Waals surface area contributed by atoms with Gasteiger partial charge in [-0.05, 0) is 18.1 Å². The van der Waals surface area contributed by atoms with E-state index in [0.29, 0.717) is 18.3 Å². The van der Waals surface area contributed by atoms with E-state index in [0.717, 1.165) is 6.42 Å². The van der Waals surface area contributed by atoms with Gasteiger partial charge < -0.3 is 9.84 Å². The van der Waals surface area contributed by atoms with E-state index >= 15 is 0 Å². The highest BCUT2D eigenvalue weighted by Crippen LogP contribution is 2.17. The van der Waals surface area contributed by atoms with Crippen LogP contribution >= 0.6 is 0 Å². The maximum Gasteiger partial charge on any atom is 0.142 e. The van der Waals surface area contributed by atoms with Crippen LogP contribution in [0, 0.1) is 23.6 Å². The van der Waals surface area contributed by atoms with E-state index in [-0.39, 0.29) is 12.2 Å². The van der Waals surface area contributed by atoms with Gasteiger partial charge in [0.05, 0.1) is 12.2 Å². The summed E-state index contributed by atoms with van der Waals surface area (Å²) in [6.45, 7) is 4.48. The lowest BCUT2D eigenvalue weighted by atomic mass is 10.1. The highest BCUT2D eigenvalue weighted by atomic mass is 19.1. The molecule has 0 aliphatic rings. The molecule has 1 unspecified atom stereocenters. The minimum absolute atomic E-state index is 0.272. The monoisotopic (exact) mass is 236 g/mol. The van der Waals surface area contributed by atoms with E-state index < -0.39 is 5.82 Å². The van der Waals surface area contributed by atoms with Crippen LogP contribution in [0.2, 0.25) is 0 Å². The quantitative estimate of drug-likeness (QED) is 0.814. The zero-order chi connectivity index (χ0) is 12.7. The molecule has 2 nitrogen and oxygen atoms in total. The van der Waals surface area contributed by atoms with Crippen LogP contribution in [0.3, 0.4) is 0 Å². The molecule has 0 aliphatic heterocycles. The molecular weight excluding hydrogens is 219 g/mol. The zero-order valence-electron chi connectivity index (χ0n) is 10.2. The molecule has 0 amide bonds. The second-order valence-corrected chi connectivity index (χ2v) is 3.93. The maximum atomic E-state index is 13.5. The number of aliphatic hydroxyl groups excluding tert-OH is 1. The summed E-state index contributed by atoms with van der Waals surface area (Å²) in [5, 5.41) is 8.52. The number of hydrogen-bond donors (Lipinski definition) is 1. The molecule has 1 rings (SSSR count). The Balaban J connectivity index is 2.68. The highest BCUT2D eigenvalue weighted by molar-refractivity contribution is 5.39. The van der Waals surface area contributed by atoms with Gasteiger partial charge in [-0.2, -0.15) is 0 Å². The predicted octanol–water partition coefficient (Wildman–Crippen LogP) is 2.59. The maximum absolute atomic E-state index is 13.5. The summed E-state index contributed by atoms with van der Waals surface area (Å²) in [4.78, 5) is 0. The summed E-state index contributed by atoms with van der Waals surface area (Å²) >= 11 is 0. The Hall–Kier alpha value is -1.53. The fourth-order valence-electron chi connectivity index (χ4n) is 1.18. The Morgan fingerprint density at radius 3 is 2.82 bits per heavy atom. The van der Waals surface area contributed by atoms with Crippen LogP contribution < -0.4 is 4.74 Å². The van der Waals surface area contributed by atoms with Crippen LogP contribution in [0.25, 0.3) is 0 Å². The summed E-state index contributed by atoms with van der Waals surface area (Å²) in [5.41, 5.74) is 0.273. The molecule has 1 aromatic carbocycles. The van der Waals surface area contributed by atoms with Crippen molar-refractivity contribution in [1.82, 2.24) is 0 Å². The lowest BCUT2D eigenvalue weighted by molar-refractivity contribution is 0.255. The van der Waals surface area contributed by atoms with Gasteiger partial charge in [-0.25, -0.2) is 4.39 Å². The largest absolute Gasteiger partial charge is 0.493 e. The molecule has 0 heterocycles. The third-order valence-corrected chi connectivity index (χ3v) is 2.47. The molecule has 1 aromatic rings. The number of benzene rings is 1. The van der Waals surface area contributed by atoms with E-state index in [2.05, 4.69) is 25.7 Å². The molecule has 0 spiro atoms. The van der Waals surface area contributed by atoms with Gasteiger partial charge >= 0.3 is 0 Å². The SMILES string of the molecule is CCC(C)COc1ccc(C#CCO)c(F)c1. The number of aliphatic hydroxyl groups is 1. The van der Waals surface area contributed by atoms with Crippen LogP contribution in [-0.4, -0.2) is 18.3 Å². The summed E-state index contributed by atoms with van der Waals surface area (Å²) < 4.78 is 19.0. The molecule has 1 N–H and O–H groups in total. The molecule has 17 heavy (non-hydrogen) atoms. The summed E-state index contributed by atoms with van der Waals surface area (Å²) in [6, 6.07) is 4.57. The standard InChI is InChI=1S/C14H17FO2/c1-3-11(2)10-17-13-7-6-12(5-4-8-16)14(15)9-13/h6-7,9,11,16H,3,8,10H2,1-2H3. The second kappa shape index (κ2) is 6.93. The van der Waals surface area contributed by atoms with Crippen molar-refractivity contribution >= 4 is 0 Å². The molecule has 0 fully saturated rings. The lowest BCUT2D eigenvalue weighted by Gasteiger charge is -2.11. The molecule has 0 aromatic heterocycles. The van der Waals surface area contributed by atoms with Gasteiger partial charge in [-0.1, -0.05) is 32.1 Å². The van der Waals surface area contributed by atoms with Gasteiger partial charge in [0, 0.05) is 6.07 Å². The van der Waals surface area contributed by atoms with Crippen LogP contribution in [0.5, 0.6) is 5.75 Å². The molecule has 0 bridgehead atoms.